The van der Waals surface area contributed by atoms with Gasteiger partial charge in [-0.2, -0.15) is 0 Å². The van der Waals surface area contributed by atoms with Gasteiger partial charge in [0.15, 0.2) is 0 Å². The SMILES string of the molecule is CCCCCC(O)c1ccc(Br)c(C)c1. The topological polar surface area (TPSA) is 20.2 Å². The lowest BCUT2D eigenvalue weighted by molar-refractivity contribution is 0.163. The Kier molecular flexibility index (Phi) is 5.34. The summed E-state index contributed by atoms with van der Waals surface area (Å²) < 4.78 is 1.10. The van der Waals surface area contributed by atoms with Gasteiger partial charge in [-0.1, -0.05) is 54.2 Å². The van der Waals surface area contributed by atoms with Crippen LogP contribution in [0.25, 0.3) is 0 Å². The average molecular weight is 271 g/mol. The lowest BCUT2D eigenvalue weighted by Gasteiger charge is -2.11. The molecule has 0 amide bonds. The van der Waals surface area contributed by atoms with Crippen LogP contribution in [0.1, 0.15) is 49.8 Å². The molecule has 0 saturated heterocycles. The molecule has 0 fully saturated rings. The molecule has 1 aromatic carbocycles. The highest BCUT2D eigenvalue weighted by Crippen LogP contribution is 2.24. The lowest BCUT2D eigenvalue weighted by Crippen LogP contribution is -1.97. The third kappa shape index (κ3) is 3.96. The van der Waals surface area contributed by atoms with Gasteiger partial charge in [-0.15, -0.1) is 0 Å². The molecule has 2 heteroatoms. The molecule has 1 rings (SSSR count). The van der Waals surface area contributed by atoms with Gasteiger partial charge in [0.1, 0.15) is 0 Å². The summed E-state index contributed by atoms with van der Waals surface area (Å²) in [6, 6.07) is 6.06. The zero-order valence-corrected chi connectivity index (χ0v) is 11.0. The van der Waals surface area contributed by atoms with E-state index in [9.17, 15) is 5.11 Å². The Morgan fingerprint density at radius 3 is 2.67 bits per heavy atom. The van der Waals surface area contributed by atoms with Gasteiger partial charge in [0.2, 0.25) is 0 Å². The largest absolute Gasteiger partial charge is 0.388 e. The van der Waals surface area contributed by atoms with E-state index < -0.39 is 0 Å². The highest BCUT2D eigenvalue weighted by atomic mass is 79.9. The van der Waals surface area contributed by atoms with Crippen LogP contribution < -0.4 is 0 Å². The van der Waals surface area contributed by atoms with Crippen molar-refractivity contribution < 1.29 is 5.11 Å². The van der Waals surface area contributed by atoms with Crippen LogP contribution in [0.3, 0.4) is 0 Å². The number of aliphatic hydroxyl groups is 1. The summed E-state index contributed by atoms with van der Waals surface area (Å²) >= 11 is 3.46. The standard InChI is InChI=1S/C13H19BrO/c1-3-4-5-6-13(15)11-7-8-12(14)10(2)9-11/h7-9,13,15H,3-6H2,1-2H3. The Morgan fingerprint density at radius 2 is 2.07 bits per heavy atom. The number of rotatable bonds is 5. The highest BCUT2D eigenvalue weighted by Gasteiger charge is 2.07. The van der Waals surface area contributed by atoms with Crippen molar-refractivity contribution in [1.82, 2.24) is 0 Å². The number of hydrogen-bond acceptors (Lipinski definition) is 1. The number of benzene rings is 1. The Hall–Kier alpha value is -0.340. The molecule has 1 atom stereocenters. The van der Waals surface area contributed by atoms with Gasteiger partial charge in [-0.25, -0.2) is 0 Å². The van der Waals surface area contributed by atoms with E-state index in [1.807, 2.05) is 19.1 Å². The van der Waals surface area contributed by atoms with E-state index in [-0.39, 0.29) is 6.10 Å². The quantitative estimate of drug-likeness (QED) is 0.788. The first-order chi connectivity index (χ1) is 7.15. The molecule has 0 aliphatic rings. The zero-order chi connectivity index (χ0) is 11.3. The van der Waals surface area contributed by atoms with Crippen LogP contribution in [0.4, 0.5) is 0 Å². The van der Waals surface area contributed by atoms with Crippen molar-refractivity contribution in [3.8, 4) is 0 Å². The normalized spacial score (nSPS) is 12.8. The molecule has 84 valence electrons. The van der Waals surface area contributed by atoms with Gasteiger partial charge in [-0.3, -0.25) is 0 Å². The maximum Gasteiger partial charge on any atom is 0.0790 e. The predicted molar refractivity (Wildman–Crippen MR) is 68.0 cm³/mol. The monoisotopic (exact) mass is 270 g/mol. The molecule has 0 radical (unpaired) electrons. The van der Waals surface area contributed by atoms with Gasteiger partial charge in [-0.05, 0) is 30.5 Å². The minimum absolute atomic E-state index is 0.302. The van der Waals surface area contributed by atoms with Crippen LogP contribution in [0.15, 0.2) is 22.7 Å². The molecule has 1 N–H and O–H groups in total. The molecule has 0 aliphatic carbocycles. The molecule has 0 heterocycles. The number of aryl methyl sites for hydroxylation is 1. The Labute approximate surface area is 101 Å². The molecular weight excluding hydrogens is 252 g/mol. The third-order valence-electron chi connectivity index (χ3n) is 2.65. The fraction of sp³-hybridized carbons (Fsp3) is 0.538. The van der Waals surface area contributed by atoms with Crippen molar-refractivity contribution in [2.45, 2.75) is 45.6 Å². The molecule has 1 unspecified atom stereocenters. The molecule has 0 aromatic heterocycles. The summed E-state index contributed by atoms with van der Waals surface area (Å²) in [6.07, 6.45) is 4.07. The van der Waals surface area contributed by atoms with Gasteiger partial charge in [0, 0.05) is 4.47 Å². The summed E-state index contributed by atoms with van der Waals surface area (Å²) in [7, 11) is 0. The van der Waals surface area contributed by atoms with E-state index in [1.165, 1.54) is 18.4 Å². The fourth-order valence-corrected chi connectivity index (χ4v) is 1.88. The third-order valence-corrected chi connectivity index (χ3v) is 3.54. The fourth-order valence-electron chi connectivity index (χ4n) is 1.63. The molecule has 0 spiro atoms. The molecule has 0 saturated carbocycles. The van der Waals surface area contributed by atoms with Gasteiger partial charge < -0.3 is 5.11 Å². The van der Waals surface area contributed by atoms with E-state index in [0.717, 1.165) is 22.9 Å². The molecule has 1 nitrogen and oxygen atoms in total. The minimum atomic E-state index is -0.302. The molecular formula is C13H19BrO. The lowest BCUT2D eigenvalue weighted by atomic mass is 10.0. The smallest absolute Gasteiger partial charge is 0.0790 e. The molecule has 0 aliphatic heterocycles. The summed E-state index contributed by atoms with van der Waals surface area (Å²) in [6.45, 7) is 4.22. The van der Waals surface area contributed by atoms with Crippen molar-refractivity contribution >= 4 is 15.9 Å². The second kappa shape index (κ2) is 6.29. The summed E-state index contributed by atoms with van der Waals surface area (Å²) in [5, 5.41) is 9.95. The number of aliphatic hydroxyl groups excluding tert-OH is 1. The maximum atomic E-state index is 9.95. The van der Waals surface area contributed by atoms with E-state index in [0.29, 0.717) is 0 Å². The average Bonchev–Trinajstić information content (AvgIpc) is 2.22. The Balaban J connectivity index is 2.57. The van der Waals surface area contributed by atoms with Crippen molar-refractivity contribution in [1.29, 1.82) is 0 Å². The van der Waals surface area contributed by atoms with Crippen molar-refractivity contribution in [3.63, 3.8) is 0 Å². The Bertz CT molecular complexity index is 309. The maximum absolute atomic E-state index is 9.95. The van der Waals surface area contributed by atoms with Crippen LogP contribution in [-0.2, 0) is 0 Å². The predicted octanol–water partition coefficient (Wildman–Crippen LogP) is 4.37. The Morgan fingerprint density at radius 1 is 1.33 bits per heavy atom. The van der Waals surface area contributed by atoms with E-state index in [1.54, 1.807) is 0 Å². The van der Waals surface area contributed by atoms with Gasteiger partial charge in [0.25, 0.3) is 0 Å². The molecule has 1 aromatic rings. The number of unbranched alkanes of at least 4 members (excludes halogenated alkanes) is 2. The van der Waals surface area contributed by atoms with E-state index in [4.69, 9.17) is 0 Å². The zero-order valence-electron chi connectivity index (χ0n) is 9.46. The molecule has 15 heavy (non-hydrogen) atoms. The number of hydrogen-bond donors (Lipinski definition) is 1. The number of halogens is 1. The van der Waals surface area contributed by atoms with Crippen molar-refractivity contribution in [2.75, 3.05) is 0 Å². The first kappa shape index (κ1) is 12.7. The second-order valence-corrected chi connectivity index (χ2v) is 4.87. The van der Waals surface area contributed by atoms with Crippen LogP contribution in [0, 0.1) is 6.92 Å². The van der Waals surface area contributed by atoms with E-state index >= 15 is 0 Å². The summed E-state index contributed by atoms with van der Waals surface area (Å²) in [5.74, 6) is 0. The second-order valence-electron chi connectivity index (χ2n) is 4.02. The van der Waals surface area contributed by atoms with Crippen LogP contribution in [0.2, 0.25) is 0 Å². The van der Waals surface area contributed by atoms with Crippen LogP contribution in [-0.4, -0.2) is 5.11 Å². The van der Waals surface area contributed by atoms with E-state index in [2.05, 4.69) is 28.9 Å². The van der Waals surface area contributed by atoms with Crippen LogP contribution >= 0.6 is 15.9 Å². The van der Waals surface area contributed by atoms with Crippen LogP contribution in [0.5, 0.6) is 0 Å². The summed E-state index contributed by atoms with van der Waals surface area (Å²) in [4.78, 5) is 0. The van der Waals surface area contributed by atoms with Gasteiger partial charge >= 0.3 is 0 Å². The van der Waals surface area contributed by atoms with Gasteiger partial charge in [0.05, 0.1) is 6.10 Å². The highest BCUT2D eigenvalue weighted by molar-refractivity contribution is 9.10. The van der Waals surface area contributed by atoms with Crippen molar-refractivity contribution in [3.05, 3.63) is 33.8 Å². The minimum Gasteiger partial charge on any atom is -0.388 e. The first-order valence-corrected chi connectivity index (χ1v) is 6.38. The molecule has 0 bridgehead atoms. The van der Waals surface area contributed by atoms with Crippen molar-refractivity contribution in [2.24, 2.45) is 0 Å². The summed E-state index contributed by atoms with van der Waals surface area (Å²) in [5.41, 5.74) is 2.22. The first-order valence-electron chi connectivity index (χ1n) is 5.59.